The summed E-state index contributed by atoms with van der Waals surface area (Å²) in [6.45, 7) is 4.03. The fraction of sp³-hybridized carbons (Fsp3) is 0.500. The summed E-state index contributed by atoms with van der Waals surface area (Å²) in [4.78, 5) is 63.3. The van der Waals surface area contributed by atoms with E-state index in [0.717, 1.165) is 27.7 Å². The van der Waals surface area contributed by atoms with Gasteiger partial charge in [0.05, 0.1) is 5.56 Å². The summed E-state index contributed by atoms with van der Waals surface area (Å²) in [5.41, 5.74) is -0.0200. The van der Waals surface area contributed by atoms with Gasteiger partial charge in [-0.15, -0.1) is 0 Å². The number of amides is 1. The smallest absolute Gasteiger partial charge is 0.305 e. The second-order valence-corrected chi connectivity index (χ2v) is 7.30. The van der Waals surface area contributed by atoms with E-state index in [4.69, 9.17) is 35.3 Å². The number of aromatic nitrogens is 1. The van der Waals surface area contributed by atoms with E-state index in [9.17, 15) is 24.0 Å². The minimum Gasteiger partial charge on any atom is -0.463 e. The van der Waals surface area contributed by atoms with Crippen molar-refractivity contribution in [2.45, 2.75) is 58.3 Å². The number of halogens is 1. The van der Waals surface area contributed by atoms with Crippen LogP contribution in [0.2, 0.25) is 5.15 Å². The van der Waals surface area contributed by atoms with Gasteiger partial charge in [-0.3, -0.25) is 24.0 Å². The molecule has 33 heavy (non-hydrogen) atoms. The molecule has 2 heterocycles. The minimum absolute atomic E-state index is 0.0200. The molecule has 5 atom stereocenters. The lowest BCUT2D eigenvalue weighted by Gasteiger charge is -2.44. The van der Waals surface area contributed by atoms with E-state index in [-0.39, 0.29) is 10.7 Å². The third-order valence-corrected chi connectivity index (χ3v) is 4.59. The first-order valence-electron chi connectivity index (χ1n) is 9.71. The highest BCUT2D eigenvalue weighted by molar-refractivity contribution is 6.32. The van der Waals surface area contributed by atoms with Gasteiger partial charge < -0.3 is 29.0 Å². The molecule has 1 aliphatic heterocycles. The van der Waals surface area contributed by atoms with Gasteiger partial charge >= 0.3 is 23.9 Å². The maximum atomic E-state index is 12.9. The maximum Gasteiger partial charge on any atom is 0.305 e. The van der Waals surface area contributed by atoms with Crippen LogP contribution < -0.4 is 5.32 Å². The summed E-state index contributed by atoms with van der Waals surface area (Å²) in [5.74, 6) is -3.74. The number of hydrogen-bond donors (Lipinski definition) is 1. The lowest BCUT2D eigenvalue weighted by atomic mass is 9.95. The first-order chi connectivity index (χ1) is 15.5. The van der Waals surface area contributed by atoms with Crippen molar-refractivity contribution in [3.05, 3.63) is 29.0 Å². The molecule has 0 radical (unpaired) electrons. The van der Waals surface area contributed by atoms with E-state index in [2.05, 4.69) is 10.3 Å². The molecule has 0 aromatic carbocycles. The number of carbonyl (C=O) groups is 5. The second kappa shape index (κ2) is 11.6. The van der Waals surface area contributed by atoms with Crippen LogP contribution in [0, 0.1) is 0 Å². The Kier molecular flexibility index (Phi) is 9.12. The van der Waals surface area contributed by atoms with Gasteiger partial charge in [0, 0.05) is 33.9 Å². The molecule has 0 aliphatic carbocycles. The van der Waals surface area contributed by atoms with Crippen LogP contribution in [0.5, 0.6) is 0 Å². The number of hydrogen-bond acceptors (Lipinski definition) is 11. The SMILES string of the molecule is CC(=O)OC[C@H]1O[C@@H](OC(C)=O)[C@H](NC(=O)c2cccnc2Cl)[C@@H](OC(C)=O)[C@H]1OC(C)=O. The molecule has 13 heteroatoms. The Morgan fingerprint density at radius 1 is 0.970 bits per heavy atom. The number of nitrogens with one attached hydrogen (secondary N) is 1. The lowest BCUT2D eigenvalue weighted by molar-refractivity contribution is -0.270. The molecular formula is C20H23ClN2O10. The van der Waals surface area contributed by atoms with E-state index in [1.807, 2.05) is 0 Å². The van der Waals surface area contributed by atoms with Crippen molar-refractivity contribution in [3.8, 4) is 0 Å². The van der Waals surface area contributed by atoms with Crippen LogP contribution in [0.4, 0.5) is 0 Å². The first-order valence-corrected chi connectivity index (χ1v) is 10.1. The summed E-state index contributed by atoms with van der Waals surface area (Å²) in [5, 5.41) is 2.43. The third-order valence-electron chi connectivity index (χ3n) is 4.28. The summed E-state index contributed by atoms with van der Waals surface area (Å²) in [6.07, 6.45) is -4.03. The summed E-state index contributed by atoms with van der Waals surface area (Å²) in [6, 6.07) is 1.53. The molecule has 0 bridgehead atoms. The van der Waals surface area contributed by atoms with E-state index < -0.39 is 67.0 Å². The Morgan fingerprint density at radius 2 is 1.58 bits per heavy atom. The van der Waals surface area contributed by atoms with E-state index in [1.165, 1.54) is 18.3 Å². The Balaban J connectivity index is 2.47. The van der Waals surface area contributed by atoms with E-state index >= 15 is 0 Å². The third kappa shape index (κ3) is 7.39. The fourth-order valence-corrected chi connectivity index (χ4v) is 3.31. The highest BCUT2D eigenvalue weighted by atomic mass is 35.5. The van der Waals surface area contributed by atoms with Crippen molar-refractivity contribution < 1.29 is 47.7 Å². The van der Waals surface area contributed by atoms with Gasteiger partial charge in [-0.2, -0.15) is 0 Å². The maximum absolute atomic E-state index is 12.9. The van der Waals surface area contributed by atoms with Crippen molar-refractivity contribution in [2.75, 3.05) is 6.61 Å². The van der Waals surface area contributed by atoms with Gasteiger partial charge in [0.1, 0.15) is 23.9 Å². The van der Waals surface area contributed by atoms with Gasteiger partial charge in [0.25, 0.3) is 5.91 Å². The predicted molar refractivity (Wildman–Crippen MR) is 109 cm³/mol. The number of carbonyl (C=O) groups excluding carboxylic acids is 5. The molecule has 1 amide bonds. The molecule has 2 rings (SSSR count). The molecule has 1 N–H and O–H groups in total. The molecule has 180 valence electrons. The summed E-state index contributed by atoms with van der Waals surface area (Å²) >= 11 is 5.98. The summed E-state index contributed by atoms with van der Waals surface area (Å²) < 4.78 is 26.5. The zero-order valence-electron chi connectivity index (χ0n) is 18.2. The summed E-state index contributed by atoms with van der Waals surface area (Å²) in [7, 11) is 0. The molecule has 0 unspecified atom stereocenters. The molecule has 1 aromatic heterocycles. The zero-order chi connectivity index (χ0) is 24.7. The van der Waals surface area contributed by atoms with Gasteiger partial charge in [0.15, 0.2) is 12.2 Å². The standard InChI is InChI=1S/C20H23ClN2O10/c1-9(24)29-8-14-16(30-10(2)25)17(31-11(3)26)15(20(33-14)32-12(4)27)23-19(28)13-6-5-7-22-18(13)21/h5-7,14-17,20H,8H2,1-4H3,(H,23,28)/t14-,15-,16+,17-,20-/m1/s1. The molecule has 1 aromatic rings. The number of esters is 4. The van der Waals surface area contributed by atoms with Crippen molar-refractivity contribution in [1.29, 1.82) is 0 Å². The normalized spacial score (nSPS) is 24.2. The Bertz CT molecular complexity index is 924. The van der Waals surface area contributed by atoms with Crippen molar-refractivity contribution in [1.82, 2.24) is 10.3 Å². The van der Waals surface area contributed by atoms with Gasteiger partial charge in [-0.25, -0.2) is 4.98 Å². The van der Waals surface area contributed by atoms with Crippen molar-refractivity contribution >= 4 is 41.4 Å². The van der Waals surface area contributed by atoms with Gasteiger partial charge in [-0.05, 0) is 12.1 Å². The topological polar surface area (TPSA) is 156 Å². The zero-order valence-corrected chi connectivity index (χ0v) is 19.0. The van der Waals surface area contributed by atoms with Crippen LogP contribution in [0.1, 0.15) is 38.1 Å². The largest absolute Gasteiger partial charge is 0.463 e. The molecule has 1 aliphatic rings. The van der Waals surface area contributed by atoms with Gasteiger partial charge in [-0.1, -0.05) is 11.6 Å². The van der Waals surface area contributed by atoms with Gasteiger partial charge in [0.2, 0.25) is 6.29 Å². The van der Waals surface area contributed by atoms with Crippen LogP contribution in [0.3, 0.4) is 0 Å². The average molecular weight is 487 g/mol. The van der Waals surface area contributed by atoms with Crippen molar-refractivity contribution in [3.63, 3.8) is 0 Å². The quantitative estimate of drug-likeness (QED) is 0.326. The first kappa shape index (κ1) is 26.0. The molecule has 0 spiro atoms. The monoisotopic (exact) mass is 486 g/mol. The molecular weight excluding hydrogens is 464 g/mol. The van der Waals surface area contributed by atoms with Crippen LogP contribution in [-0.2, 0) is 42.9 Å². The number of pyridine rings is 1. The van der Waals surface area contributed by atoms with Crippen LogP contribution in [0.25, 0.3) is 0 Å². The number of ether oxygens (including phenoxy) is 5. The Morgan fingerprint density at radius 3 is 2.12 bits per heavy atom. The minimum atomic E-state index is -1.50. The molecule has 0 saturated carbocycles. The Hall–Kier alpha value is -3.25. The molecule has 1 fully saturated rings. The van der Waals surface area contributed by atoms with Crippen LogP contribution in [-0.4, -0.2) is 72.0 Å². The van der Waals surface area contributed by atoms with E-state index in [1.54, 1.807) is 0 Å². The number of nitrogens with zero attached hydrogens (tertiary/aromatic N) is 1. The fourth-order valence-electron chi connectivity index (χ4n) is 3.10. The van der Waals surface area contributed by atoms with Crippen LogP contribution in [0.15, 0.2) is 18.3 Å². The Labute approximate surface area is 193 Å². The number of rotatable bonds is 7. The highest BCUT2D eigenvalue weighted by Crippen LogP contribution is 2.28. The van der Waals surface area contributed by atoms with Crippen LogP contribution >= 0.6 is 11.6 Å². The highest BCUT2D eigenvalue weighted by Gasteiger charge is 2.52. The predicted octanol–water partition coefficient (Wildman–Crippen LogP) is 0.548. The lowest BCUT2D eigenvalue weighted by Crippen LogP contribution is -2.67. The van der Waals surface area contributed by atoms with E-state index in [0.29, 0.717) is 0 Å². The molecule has 1 saturated heterocycles. The van der Waals surface area contributed by atoms with Crippen molar-refractivity contribution in [2.24, 2.45) is 0 Å². The average Bonchev–Trinajstić information content (AvgIpc) is 2.70. The second-order valence-electron chi connectivity index (χ2n) is 6.94. The molecule has 12 nitrogen and oxygen atoms in total.